The SMILES string of the molecule is C=C(Cl)C(=O)OCCl. The fourth-order valence-corrected chi connectivity index (χ4v) is 0.282. The molecule has 0 saturated heterocycles. The molecule has 0 atom stereocenters. The molecule has 0 amide bonds. The minimum absolute atomic E-state index is 0.161. The van der Waals surface area contributed by atoms with E-state index in [4.69, 9.17) is 23.2 Å². The van der Waals surface area contributed by atoms with Gasteiger partial charge in [-0.1, -0.05) is 29.8 Å². The van der Waals surface area contributed by atoms with E-state index in [0.717, 1.165) is 0 Å². The Bertz CT molecular complexity index is 111. The normalized spacial score (nSPS) is 8.25. The number of rotatable bonds is 2. The Balaban J connectivity index is 3.49. The largest absolute Gasteiger partial charge is 0.445 e. The van der Waals surface area contributed by atoms with E-state index in [0.29, 0.717) is 0 Å². The minimum Gasteiger partial charge on any atom is -0.445 e. The van der Waals surface area contributed by atoms with Crippen molar-refractivity contribution in [2.24, 2.45) is 0 Å². The predicted molar refractivity (Wildman–Crippen MR) is 31.8 cm³/mol. The van der Waals surface area contributed by atoms with Gasteiger partial charge in [0, 0.05) is 0 Å². The minimum atomic E-state index is -0.679. The molecule has 0 spiro atoms. The molecule has 0 aromatic rings. The third-order valence-electron chi connectivity index (χ3n) is 0.407. The van der Waals surface area contributed by atoms with E-state index in [1.165, 1.54) is 0 Å². The van der Waals surface area contributed by atoms with E-state index in [9.17, 15) is 4.79 Å². The van der Waals surface area contributed by atoms with Gasteiger partial charge in [-0.3, -0.25) is 0 Å². The molecule has 0 saturated carbocycles. The summed E-state index contributed by atoms with van der Waals surface area (Å²) < 4.78 is 4.20. The van der Waals surface area contributed by atoms with Crippen LogP contribution in [0.1, 0.15) is 0 Å². The molecular formula is C4H4Cl2O2. The number of carbonyl (C=O) groups excluding carboxylic acids is 1. The highest BCUT2D eigenvalue weighted by molar-refractivity contribution is 6.41. The lowest BCUT2D eigenvalue weighted by Crippen LogP contribution is -2.00. The molecule has 0 unspecified atom stereocenters. The van der Waals surface area contributed by atoms with Gasteiger partial charge in [-0.25, -0.2) is 4.79 Å². The van der Waals surface area contributed by atoms with Gasteiger partial charge in [0.2, 0.25) is 0 Å². The van der Waals surface area contributed by atoms with Gasteiger partial charge in [-0.05, 0) is 0 Å². The molecule has 2 nitrogen and oxygen atoms in total. The number of carbonyl (C=O) groups is 1. The van der Waals surface area contributed by atoms with Crippen molar-refractivity contribution in [3.05, 3.63) is 11.6 Å². The van der Waals surface area contributed by atoms with Crippen LogP contribution in [-0.4, -0.2) is 12.0 Å². The first kappa shape index (κ1) is 7.79. The quantitative estimate of drug-likeness (QED) is 0.343. The summed E-state index contributed by atoms with van der Waals surface area (Å²) in [7, 11) is 0. The Labute approximate surface area is 57.0 Å². The first-order valence-electron chi connectivity index (χ1n) is 1.76. The van der Waals surface area contributed by atoms with E-state index in [1.54, 1.807) is 0 Å². The highest BCUT2D eigenvalue weighted by Gasteiger charge is 2.01. The van der Waals surface area contributed by atoms with Crippen molar-refractivity contribution in [2.75, 3.05) is 6.07 Å². The third kappa shape index (κ3) is 2.88. The first-order chi connectivity index (χ1) is 3.68. The van der Waals surface area contributed by atoms with Gasteiger partial charge < -0.3 is 4.74 Å². The van der Waals surface area contributed by atoms with E-state index in [-0.39, 0.29) is 11.1 Å². The molecule has 0 heterocycles. The molecule has 0 fully saturated rings. The van der Waals surface area contributed by atoms with Gasteiger partial charge in [0.05, 0.1) is 0 Å². The molecule has 0 N–H and O–H groups in total. The van der Waals surface area contributed by atoms with E-state index in [2.05, 4.69) is 11.3 Å². The van der Waals surface area contributed by atoms with E-state index in [1.807, 2.05) is 0 Å². The third-order valence-corrected chi connectivity index (χ3v) is 0.671. The number of esters is 1. The number of alkyl halides is 1. The fourth-order valence-electron chi connectivity index (χ4n) is 0.128. The molecule has 46 valence electrons. The van der Waals surface area contributed by atoms with Gasteiger partial charge in [0.15, 0.2) is 6.07 Å². The van der Waals surface area contributed by atoms with Crippen molar-refractivity contribution in [3.63, 3.8) is 0 Å². The van der Waals surface area contributed by atoms with Crippen molar-refractivity contribution in [1.29, 1.82) is 0 Å². The molecule has 0 aromatic carbocycles. The summed E-state index contributed by atoms with van der Waals surface area (Å²) in [6.07, 6.45) is 0. The van der Waals surface area contributed by atoms with Crippen LogP contribution in [0.25, 0.3) is 0 Å². The monoisotopic (exact) mass is 154 g/mol. The summed E-state index contributed by atoms with van der Waals surface area (Å²) in [5.41, 5.74) is 0. The lowest BCUT2D eigenvalue weighted by Gasteiger charge is -1.93. The Morgan fingerprint density at radius 1 is 1.75 bits per heavy atom. The summed E-state index contributed by atoms with van der Waals surface area (Å²) in [6.45, 7) is 3.11. The van der Waals surface area contributed by atoms with Crippen molar-refractivity contribution < 1.29 is 9.53 Å². The Hall–Kier alpha value is -0.210. The van der Waals surface area contributed by atoms with Crippen LogP contribution in [0.5, 0.6) is 0 Å². The van der Waals surface area contributed by atoms with Crippen LogP contribution in [0.4, 0.5) is 0 Å². The fraction of sp³-hybridized carbons (Fsp3) is 0.250. The van der Waals surface area contributed by atoms with Crippen LogP contribution in [0.15, 0.2) is 11.6 Å². The molecule has 0 bridgehead atoms. The van der Waals surface area contributed by atoms with Crippen LogP contribution < -0.4 is 0 Å². The van der Waals surface area contributed by atoms with E-state index < -0.39 is 5.97 Å². The molecule has 0 aliphatic heterocycles. The van der Waals surface area contributed by atoms with Crippen molar-refractivity contribution in [2.45, 2.75) is 0 Å². The lowest BCUT2D eigenvalue weighted by atomic mass is 10.7. The van der Waals surface area contributed by atoms with E-state index >= 15 is 0 Å². The second-order valence-corrected chi connectivity index (χ2v) is 1.62. The van der Waals surface area contributed by atoms with Gasteiger partial charge in [0.1, 0.15) is 5.03 Å². The van der Waals surface area contributed by atoms with Crippen LogP contribution in [0.3, 0.4) is 0 Å². The summed E-state index contributed by atoms with van der Waals surface area (Å²) in [4.78, 5) is 10.2. The second kappa shape index (κ2) is 3.75. The zero-order valence-corrected chi connectivity index (χ0v) is 5.50. The zero-order chi connectivity index (χ0) is 6.57. The molecule has 0 rings (SSSR count). The maximum Gasteiger partial charge on any atom is 0.350 e. The molecule has 8 heavy (non-hydrogen) atoms. The second-order valence-electron chi connectivity index (χ2n) is 0.946. The highest BCUT2D eigenvalue weighted by atomic mass is 35.5. The Morgan fingerprint density at radius 3 is 2.38 bits per heavy atom. The highest BCUT2D eigenvalue weighted by Crippen LogP contribution is 1.99. The first-order valence-corrected chi connectivity index (χ1v) is 2.67. The average molecular weight is 155 g/mol. The van der Waals surface area contributed by atoms with Crippen molar-refractivity contribution in [3.8, 4) is 0 Å². The molecule has 4 heteroatoms. The average Bonchev–Trinajstić information content (AvgIpc) is 1.67. The number of ether oxygens (including phenoxy) is 1. The van der Waals surface area contributed by atoms with Gasteiger partial charge in [-0.2, -0.15) is 0 Å². The summed E-state index contributed by atoms with van der Waals surface area (Å²) in [6, 6.07) is -0.190. The van der Waals surface area contributed by atoms with Crippen LogP contribution in [-0.2, 0) is 9.53 Å². The van der Waals surface area contributed by atoms with Crippen molar-refractivity contribution >= 4 is 29.2 Å². The smallest absolute Gasteiger partial charge is 0.350 e. The van der Waals surface area contributed by atoms with Gasteiger partial charge in [0.25, 0.3) is 0 Å². The maximum absolute atomic E-state index is 10.2. The summed E-state index contributed by atoms with van der Waals surface area (Å²) >= 11 is 10.1. The Kier molecular flexibility index (Phi) is 3.65. The molecular weight excluding hydrogens is 151 g/mol. The van der Waals surface area contributed by atoms with Crippen LogP contribution in [0.2, 0.25) is 0 Å². The standard InChI is InChI=1S/C4H4Cl2O2/c1-3(6)4(7)8-2-5/h1-2H2. The van der Waals surface area contributed by atoms with Crippen LogP contribution >= 0.6 is 23.2 Å². The van der Waals surface area contributed by atoms with Crippen molar-refractivity contribution in [1.82, 2.24) is 0 Å². The molecule has 0 aromatic heterocycles. The maximum atomic E-state index is 10.2. The number of hydrogen-bond acceptors (Lipinski definition) is 2. The topological polar surface area (TPSA) is 26.3 Å². The zero-order valence-electron chi connectivity index (χ0n) is 3.99. The number of hydrogen-bond donors (Lipinski definition) is 0. The summed E-state index contributed by atoms with van der Waals surface area (Å²) in [5, 5.41) is -0.161. The molecule has 0 aliphatic carbocycles. The van der Waals surface area contributed by atoms with Gasteiger partial charge in [-0.15, -0.1) is 0 Å². The lowest BCUT2D eigenvalue weighted by molar-refractivity contribution is -0.136. The summed E-state index contributed by atoms with van der Waals surface area (Å²) in [5.74, 6) is -0.679. The molecule has 0 aliphatic rings. The predicted octanol–water partition coefficient (Wildman–Crippen LogP) is 1.48. The number of halogens is 2. The van der Waals surface area contributed by atoms with Crippen LogP contribution in [0, 0.1) is 0 Å². The van der Waals surface area contributed by atoms with Gasteiger partial charge >= 0.3 is 5.97 Å². The Morgan fingerprint density at radius 2 is 2.25 bits per heavy atom. The molecule has 0 radical (unpaired) electrons.